The molecule has 2 N–H and O–H groups in total. The van der Waals surface area contributed by atoms with E-state index in [9.17, 15) is 9.90 Å². The molecular formula is C43H45N3O4. The topological polar surface area (TPSA) is 74.3 Å². The van der Waals surface area contributed by atoms with Gasteiger partial charge in [-0.05, 0) is 45.5 Å². The van der Waals surface area contributed by atoms with Crippen LogP contribution in [0.15, 0.2) is 133 Å². The molecule has 7 nitrogen and oxygen atoms in total. The van der Waals surface area contributed by atoms with Gasteiger partial charge in [0.25, 0.3) is 5.91 Å². The Morgan fingerprint density at radius 1 is 0.680 bits per heavy atom. The number of nitrogens with one attached hydrogen (secondary N) is 1. The van der Waals surface area contributed by atoms with Crippen molar-refractivity contribution in [1.29, 1.82) is 0 Å². The first-order valence-corrected chi connectivity index (χ1v) is 17.6. The van der Waals surface area contributed by atoms with E-state index in [1.165, 1.54) is 5.56 Å². The van der Waals surface area contributed by atoms with Crippen LogP contribution >= 0.6 is 0 Å². The predicted molar refractivity (Wildman–Crippen MR) is 196 cm³/mol. The Kier molecular flexibility index (Phi) is 11.1. The summed E-state index contributed by atoms with van der Waals surface area (Å²) in [6.07, 6.45) is 0.134. The lowest BCUT2D eigenvalue weighted by Gasteiger charge is -2.40. The van der Waals surface area contributed by atoms with E-state index in [2.05, 4.69) is 94.0 Å². The third kappa shape index (κ3) is 8.56. The fourth-order valence-corrected chi connectivity index (χ4v) is 6.94. The van der Waals surface area contributed by atoms with Gasteiger partial charge in [0.2, 0.25) is 0 Å². The molecule has 0 radical (unpaired) electrons. The second-order valence-electron chi connectivity index (χ2n) is 13.2. The molecule has 3 atom stereocenters. The lowest BCUT2D eigenvalue weighted by molar-refractivity contribution is -0.253. The van der Waals surface area contributed by atoms with Crippen molar-refractivity contribution in [2.45, 2.75) is 44.6 Å². The summed E-state index contributed by atoms with van der Waals surface area (Å²) in [5, 5.41) is 12.7. The average Bonchev–Trinajstić information content (AvgIpc) is 3.18. The van der Waals surface area contributed by atoms with Crippen LogP contribution in [-0.2, 0) is 29.2 Å². The molecule has 2 aliphatic rings. The van der Waals surface area contributed by atoms with Crippen molar-refractivity contribution in [3.05, 3.63) is 167 Å². The van der Waals surface area contributed by atoms with Crippen molar-refractivity contribution in [3.63, 3.8) is 0 Å². The van der Waals surface area contributed by atoms with Gasteiger partial charge in [-0.15, -0.1) is 0 Å². The number of carbonyl (C=O) groups excluding carboxylic acids is 1. The summed E-state index contributed by atoms with van der Waals surface area (Å²) < 4.78 is 13.4. The lowest BCUT2D eigenvalue weighted by atomic mass is 9.97. The van der Waals surface area contributed by atoms with Crippen molar-refractivity contribution in [2.24, 2.45) is 0 Å². The normalized spacial score (nSPS) is 20.0. The Morgan fingerprint density at radius 3 is 2.04 bits per heavy atom. The van der Waals surface area contributed by atoms with Crippen molar-refractivity contribution < 1.29 is 19.4 Å². The number of piperazine rings is 1. The molecule has 5 aromatic rings. The van der Waals surface area contributed by atoms with Crippen LogP contribution in [0, 0.1) is 0 Å². The summed E-state index contributed by atoms with van der Waals surface area (Å²) in [5.41, 5.74) is 8.14. The second-order valence-corrected chi connectivity index (χ2v) is 13.2. The van der Waals surface area contributed by atoms with E-state index >= 15 is 0 Å². The van der Waals surface area contributed by atoms with Gasteiger partial charge in [-0.25, -0.2) is 0 Å². The zero-order valence-electron chi connectivity index (χ0n) is 28.4. The molecule has 0 spiro atoms. The van der Waals surface area contributed by atoms with Crippen molar-refractivity contribution in [1.82, 2.24) is 15.1 Å². The van der Waals surface area contributed by atoms with E-state index in [0.717, 1.165) is 79.1 Å². The summed E-state index contributed by atoms with van der Waals surface area (Å²) in [7, 11) is 0. The third-order valence-electron chi connectivity index (χ3n) is 9.78. The van der Waals surface area contributed by atoms with Crippen molar-refractivity contribution in [2.75, 3.05) is 32.7 Å². The predicted octanol–water partition coefficient (Wildman–Crippen LogP) is 7.14. The molecule has 0 bridgehead atoms. The molecule has 0 unspecified atom stereocenters. The Morgan fingerprint density at radius 2 is 1.32 bits per heavy atom. The number of hydrogen-bond acceptors (Lipinski definition) is 6. The van der Waals surface area contributed by atoms with E-state index < -0.39 is 6.29 Å². The first-order valence-electron chi connectivity index (χ1n) is 17.6. The molecule has 0 aromatic heterocycles. The largest absolute Gasteiger partial charge is 0.392 e. The molecule has 5 aromatic carbocycles. The quantitative estimate of drug-likeness (QED) is 0.156. The van der Waals surface area contributed by atoms with Crippen LogP contribution in [0.5, 0.6) is 0 Å². The van der Waals surface area contributed by atoms with Gasteiger partial charge in [0.15, 0.2) is 6.29 Å². The maximum atomic E-state index is 12.7. The van der Waals surface area contributed by atoms with Crippen LogP contribution in [-0.4, -0.2) is 59.6 Å². The molecule has 7 rings (SSSR count). The smallest absolute Gasteiger partial charge is 0.251 e. The van der Waals surface area contributed by atoms with Crippen LogP contribution in [0.1, 0.15) is 57.0 Å². The highest BCUT2D eigenvalue weighted by Crippen LogP contribution is 2.39. The van der Waals surface area contributed by atoms with Gasteiger partial charge in [0.05, 0.1) is 18.8 Å². The molecule has 2 fully saturated rings. The van der Waals surface area contributed by atoms with Gasteiger partial charge >= 0.3 is 0 Å². The van der Waals surface area contributed by atoms with E-state index in [1.54, 1.807) is 0 Å². The molecule has 2 heterocycles. The van der Waals surface area contributed by atoms with Gasteiger partial charge in [0.1, 0.15) is 0 Å². The van der Waals surface area contributed by atoms with Crippen molar-refractivity contribution in [3.8, 4) is 11.1 Å². The molecule has 2 aliphatic heterocycles. The molecule has 0 saturated carbocycles. The molecule has 50 heavy (non-hydrogen) atoms. The summed E-state index contributed by atoms with van der Waals surface area (Å²) >= 11 is 0. The molecule has 0 aliphatic carbocycles. The number of carbonyl (C=O) groups is 1. The second kappa shape index (κ2) is 16.4. The van der Waals surface area contributed by atoms with E-state index in [-0.39, 0.29) is 24.7 Å². The van der Waals surface area contributed by atoms with Gasteiger partial charge < -0.3 is 19.9 Å². The van der Waals surface area contributed by atoms with Gasteiger partial charge in [-0.1, -0.05) is 121 Å². The number of benzene rings is 5. The van der Waals surface area contributed by atoms with E-state index in [1.807, 2.05) is 54.6 Å². The van der Waals surface area contributed by atoms with Crippen LogP contribution in [0.2, 0.25) is 0 Å². The Hall–Kier alpha value is -4.63. The standard InChI is InChI=1S/C43H45N3O4/c47-31-33-15-17-35(18-16-33)41-27-39(30-46-25-23-45(24-26-46)29-32-9-3-1-4-10-32)49-43(50-41)37-21-19-34(20-22-37)40-14-8-7-13-38(40)28-44-42(48)36-11-5-2-6-12-36/h1-22,39,41,43,47H,23-31H2,(H,44,48)/t39-,41+,43+/m0/s1. The summed E-state index contributed by atoms with van der Waals surface area (Å²) in [6, 6.07) is 44.6. The molecule has 256 valence electrons. The van der Waals surface area contributed by atoms with Crippen molar-refractivity contribution >= 4 is 5.91 Å². The lowest BCUT2D eigenvalue weighted by Crippen LogP contribution is -2.49. The highest BCUT2D eigenvalue weighted by atomic mass is 16.7. The minimum absolute atomic E-state index is 0.00516. The van der Waals surface area contributed by atoms with Crippen LogP contribution < -0.4 is 5.32 Å². The average molecular weight is 668 g/mol. The fourth-order valence-electron chi connectivity index (χ4n) is 6.94. The zero-order valence-corrected chi connectivity index (χ0v) is 28.4. The van der Waals surface area contributed by atoms with Gasteiger partial charge in [-0.2, -0.15) is 0 Å². The van der Waals surface area contributed by atoms with Crippen LogP contribution in [0.3, 0.4) is 0 Å². The fraction of sp³-hybridized carbons (Fsp3) is 0.279. The number of aliphatic hydroxyl groups is 1. The van der Waals surface area contributed by atoms with Crippen LogP contribution in [0.4, 0.5) is 0 Å². The highest BCUT2D eigenvalue weighted by molar-refractivity contribution is 5.94. The number of aliphatic hydroxyl groups excluding tert-OH is 1. The Bertz CT molecular complexity index is 1810. The van der Waals surface area contributed by atoms with E-state index in [4.69, 9.17) is 9.47 Å². The summed E-state index contributed by atoms with van der Waals surface area (Å²) in [6.45, 7) is 6.37. The minimum atomic E-state index is -0.509. The maximum Gasteiger partial charge on any atom is 0.251 e. The van der Waals surface area contributed by atoms with Crippen LogP contribution in [0.25, 0.3) is 11.1 Å². The summed E-state index contributed by atoms with van der Waals surface area (Å²) in [4.78, 5) is 17.8. The monoisotopic (exact) mass is 667 g/mol. The van der Waals surface area contributed by atoms with Gasteiger partial charge in [0, 0.05) is 63.4 Å². The number of amides is 1. The molecule has 1 amide bonds. The summed E-state index contributed by atoms with van der Waals surface area (Å²) in [5.74, 6) is -0.0912. The maximum absolute atomic E-state index is 12.7. The third-order valence-corrected chi connectivity index (χ3v) is 9.78. The number of rotatable bonds is 11. The minimum Gasteiger partial charge on any atom is -0.392 e. The molecule has 2 saturated heterocycles. The number of hydrogen-bond donors (Lipinski definition) is 2. The first-order chi connectivity index (χ1) is 24.6. The zero-order chi connectivity index (χ0) is 34.1. The van der Waals surface area contributed by atoms with Gasteiger partial charge in [-0.3, -0.25) is 14.6 Å². The molecular weight excluding hydrogens is 622 g/mol. The molecule has 7 heteroatoms. The first kappa shape index (κ1) is 33.8. The SMILES string of the molecule is O=C(NCc1ccccc1-c1ccc([C@@H]2O[C@H](CN3CCN(Cc4ccccc4)CC3)C[C@H](c3ccc(CO)cc3)O2)cc1)c1ccccc1. The number of nitrogens with zero attached hydrogens (tertiary/aromatic N) is 2. The highest BCUT2D eigenvalue weighted by Gasteiger charge is 2.34. The van der Waals surface area contributed by atoms with E-state index in [0.29, 0.717) is 12.1 Å². The Balaban J connectivity index is 1.03. The Labute approximate surface area is 295 Å². The number of ether oxygens (including phenoxy) is 2.